The van der Waals surface area contributed by atoms with Crippen molar-refractivity contribution in [1.29, 1.82) is 0 Å². The van der Waals surface area contributed by atoms with Crippen molar-refractivity contribution in [2.75, 3.05) is 0 Å². The van der Waals surface area contributed by atoms with Crippen LogP contribution in [0.4, 0.5) is 0 Å². The Morgan fingerprint density at radius 2 is 1.88 bits per heavy atom. The van der Waals surface area contributed by atoms with Crippen molar-refractivity contribution in [3.05, 3.63) is 102 Å². The molecule has 0 saturated heterocycles. The molecule has 0 radical (unpaired) electrons. The van der Waals surface area contributed by atoms with Crippen molar-refractivity contribution in [1.82, 2.24) is 29.4 Å². The second-order valence-electron chi connectivity index (χ2n) is 7.71. The number of imidazole rings is 2. The number of fused-ring (bicyclic) bond motifs is 1. The first-order valence-electron chi connectivity index (χ1n) is 10.4. The van der Waals surface area contributed by atoms with Gasteiger partial charge in [0.05, 0.1) is 11.0 Å². The molecule has 1 N–H and O–H groups in total. The number of carbonyl (C=O) groups excluding carboxylic acids is 1. The van der Waals surface area contributed by atoms with Crippen molar-refractivity contribution >= 4 is 16.9 Å². The third-order valence-electron chi connectivity index (χ3n) is 5.42. The highest BCUT2D eigenvalue weighted by atomic mass is 16.1. The average Bonchev–Trinajstić information content (AvgIpc) is 3.43. The minimum absolute atomic E-state index is 0.147. The molecule has 0 unspecified atom stereocenters. The minimum atomic E-state index is -0.147. The lowest BCUT2D eigenvalue weighted by atomic mass is 10.1. The molecular weight excluding hydrogens is 400 g/mol. The van der Waals surface area contributed by atoms with Crippen molar-refractivity contribution in [3.8, 4) is 11.5 Å². The summed E-state index contributed by atoms with van der Waals surface area (Å²) in [6.07, 6.45) is 7.17. The molecule has 2 aromatic carbocycles. The van der Waals surface area contributed by atoms with Gasteiger partial charge in [-0.3, -0.25) is 13.9 Å². The maximum atomic E-state index is 12.7. The average molecular weight is 422 g/mol. The van der Waals surface area contributed by atoms with Crippen LogP contribution in [0.5, 0.6) is 0 Å². The summed E-state index contributed by atoms with van der Waals surface area (Å²) >= 11 is 0. The summed E-state index contributed by atoms with van der Waals surface area (Å²) < 4.78 is 3.94. The Kier molecular flexibility index (Phi) is 4.99. The number of aromatic nitrogens is 5. The molecule has 158 valence electrons. The van der Waals surface area contributed by atoms with E-state index in [0.29, 0.717) is 12.1 Å². The van der Waals surface area contributed by atoms with E-state index in [-0.39, 0.29) is 5.91 Å². The summed E-state index contributed by atoms with van der Waals surface area (Å²) in [5.74, 6) is 1.52. The number of nitrogens with zero attached hydrogens (tertiary/aromatic N) is 5. The number of aryl methyl sites for hydroxylation is 2. The SMILES string of the molecule is Cc1cccc(-n2cnc3cc(C(=O)NCc4ccc(-n5ccnc5C)nc4)ccc32)c1. The predicted molar refractivity (Wildman–Crippen MR) is 123 cm³/mol. The van der Waals surface area contributed by atoms with Gasteiger partial charge in [-0.25, -0.2) is 15.0 Å². The normalized spacial score (nSPS) is 11.1. The summed E-state index contributed by atoms with van der Waals surface area (Å²) in [5.41, 5.74) is 5.47. The Morgan fingerprint density at radius 1 is 0.969 bits per heavy atom. The van der Waals surface area contributed by atoms with Gasteiger partial charge < -0.3 is 5.32 Å². The van der Waals surface area contributed by atoms with Gasteiger partial charge >= 0.3 is 0 Å². The lowest BCUT2D eigenvalue weighted by Crippen LogP contribution is -2.22. The van der Waals surface area contributed by atoms with E-state index >= 15 is 0 Å². The number of amides is 1. The molecule has 0 spiro atoms. The summed E-state index contributed by atoms with van der Waals surface area (Å²) in [6.45, 7) is 4.38. The fourth-order valence-electron chi connectivity index (χ4n) is 3.71. The van der Waals surface area contributed by atoms with Gasteiger partial charge in [0.15, 0.2) is 0 Å². The summed E-state index contributed by atoms with van der Waals surface area (Å²) in [5, 5.41) is 2.96. The zero-order valence-corrected chi connectivity index (χ0v) is 17.9. The maximum Gasteiger partial charge on any atom is 0.251 e. The number of pyridine rings is 1. The van der Waals surface area contributed by atoms with E-state index in [9.17, 15) is 4.79 Å². The van der Waals surface area contributed by atoms with E-state index in [0.717, 1.165) is 33.9 Å². The highest BCUT2D eigenvalue weighted by molar-refractivity contribution is 5.97. The second kappa shape index (κ2) is 8.11. The van der Waals surface area contributed by atoms with Crippen molar-refractivity contribution < 1.29 is 4.79 Å². The van der Waals surface area contributed by atoms with Crippen LogP contribution < -0.4 is 5.32 Å². The molecule has 3 heterocycles. The zero-order valence-electron chi connectivity index (χ0n) is 17.9. The van der Waals surface area contributed by atoms with Gasteiger partial charge in [0.2, 0.25) is 0 Å². The molecule has 0 atom stereocenters. The number of hydrogen-bond donors (Lipinski definition) is 1. The molecule has 5 rings (SSSR count). The van der Waals surface area contributed by atoms with E-state index in [1.165, 1.54) is 5.56 Å². The molecule has 32 heavy (non-hydrogen) atoms. The number of carbonyl (C=O) groups is 1. The van der Waals surface area contributed by atoms with Crippen LogP contribution in [0.1, 0.15) is 27.3 Å². The Hall–Kier alpha value is -4.26. The topological polar surface area (TPSA) is 77.6 Å². The molecule has 7 nitrogen and oxygen atoms in total. The first kappa shape index (κ1) is 19.7. The molecular formula is C25H22N6O. The van der Waals surface area contributed by atoms with Crippen LogP contribution in [-0.4, -0.2) is 30.0 Å². The Morgan fingerprint density at radius 3 is 2.62 bits per heavy atom. The quantitative estimate of drug-likeness (QED) is 0.462. The molecule has 7 heteroatoms. The van der Waals surface area contributed by atoms with E-state index in [1.807, 2.05) is 64.7 Å². The number of nitrogens with one attached hydrogen (secondary N) is 1. The lowest BCUT2D eigenvalue weighted by molar-refractivity contribution is 0.0951. The highest BCUT2D eigenvalue weighted by Crippen LogP contribution is 2.20. The predicted octanol–water partition coefficient (Wildman–Crippen LogP) is 4.15. The Bertz CT molecular complexity index is 1410. The smallest absolute Gasteiger partial charge is 0.251 e. The number of benzene rings is 2. The van der Waals surface area contributed by atoms with Gasteiger partial charge in [-0.2, -0.15) is 0 Å². The maximum absolute atomic E-state index is 12.7. The summed E-state index contributed by atoms with van der Waals surface area (Å²) in [4.78, 5) is 25.9. The van der Waals surface area contributed by atoms with Crippen LogP contribution in [0, 0.1) is 13.8 Å². The van der Waals surface area contributed by atoms with Crippen molar-refractivity contribution in [2.24, 2.45) is 0 Å². The van der Waals surface area contributed by atoms with Gasteiger partial charge in [0.25, 0.3) is 5.91 Å². The molecule has 0 aliphatic heterocycles. The lowest BCUT2D eigenvalue weighted by Gasteiger charge is -2.08. The van der Waals surface area contributed by atoms with Crippen molar-refractivity contribution in [2.45, 2.75) is 20.4 Å². The van der Waals surface area contributed by atoms with Crippen molar-refractivity contribution in [3.63, 3.8) is 0 Å². The number of hydrogen-bond acceptors (Lipinski definition) is 4. The van der Waals surface area contributed by atoms with Gasteiger partial charge in [0, 0.05) is 36.4 Å². The fourth-order valence-corrected chi connectivity index (χ4v) is 3.71. The van der Waals surface area contributed by atoms with Crippen LogP contribution in [0.25, 0.3) is 22.5 Å². The molecule has 1 amide bonds. The van der Waals surface area contributed by atoms with E-state index in [4.69, 9.17) is 0 Å². The van der Waals surface area contributed by atoms with Crippen LogP contribution in [-0.2, 0) is 6.54 Å². The van der Waals surface area contributed by atoms with Gasteiger partial charge in [-0.05, 0) is 61.4 Å². The Balaban J connectivity index is 1.29. The van der Waals surface area contributed by atoms with Crippen LogP contribution in [0.3, 0.4) is 0 Å². The second-order valence-corrected chi connectivity index (χ2v) is 7.71. The van der Waals surface area contributed by atoms with E-state index in [1.54, 1.807) is 18.7 Å². The standard InChI is InChI=1S/C25H22N6O/c1-17-4-3-5-21(12-17)31-16-29-22-13-20(7-8-23(22)31)25(32)28-15-19-6-9-24(27-14-19)30-11-10-26-18(30)2/h3-14,16H,15H2,1-2H3,(H,28,32). The molecule has 0 fully saturated rings. The van der Waals surface area contributed by atoms with Gasteiger partial charge in [-0.1, -0.05) is 18.2 Å². The van der Waals surface area contributed by atoms with Crippen LogP contribution in [0.2, 0.25) is 0 Å². The summed E-state index contributed by atoms with van der Waals surface area (Å²) in [7, 11) is 0. The monoisotopic (exact) mass is 422 g/mol. The van der Waals surface area contributed by atoms with Gasteiger partial charge in [-0.15, -0.1) is 0 Å². The molecule has 0 aliphatic rings. The molecule has 0 saturated carbocycles. The fraction of sp³-hybridized carbons (Fsp3) is 0.120. The van der Waals surface area contributed by atoms with Crippen LogP contribution in [0.15, 0.2) is 79.5 Å². The van der Waals surface area contributed by atoms with E-state index in [2.05, 4.69) is 39.3 Å². The first-order chi connectivity index (χ1) is 15.6. The molecule has 3 aromatic heterocycles. The largest absolute Gasteiger partial charge is 0.348 e. The summed E-state index contributed by atoms with van der Waals surface area (Å²) in [6, 6.07) is 17.7. The zero-order chi connectivity index (χ0) is 22.1. The van der Waals surface area contributed by atoms with E-state index < -0.39 is 0 Å². The third-order valence-corrected chi connectivity index (χ3v) is 5.42. The third kappa shape index (κ3) is 3.76. The van der Waals surface area contributed by atoms with Gasteiger partial charge in [0.1, 0.15) is 18.0 Å². The number of rotatable bonds is 5. The highest BCUT2D eigenvalue weighted by Gasteiger charge is 2.11. The molecule has 5 aromatic rings. The van der Waals surface area contributed by atoms with Crippen LogP contribution >= 0.6 is 0 Å². The Labute approximate surface area is 185 Å². The molecule has 0 aliphatic carbocycles. The minimum Gasteiger partial charge on any atom is -0.348 e. The first-order valence-corrected chi connectivity index (χ1v) is 10.4. The molecule has 0 bridgehead atoms.